The minimum Gasteiger partial charge on any atom is -0.494 e. The molecule has 2 unspecified atom stereocenters. The van der Waals surface area contributed by atoms with Gasteiger partial charge in [-0.3, -0.25) is 13.8 Å². The van der Waals surface area contributed by atoms with E-state index in [4.69, 9.17) is 13.8 Å². The molecule has 1 aromatic rings. The number of Topliss-reactive ketones (excluding diaryl/α,β-unsaturated/α-hetero) is 1. The lowest BCUT2D eigenvalue weighted by Crippen LogP contribution is -2.19. The molecule has 0 aliphatic heterocycles. The number of phosphoric ester groups is 1. The van der Waals surface area contributed by atoms with Crippen molar-refractivity contribution in [2.75, 3.05) is 40.5 Å². The van der Waals surface area contributed by atoms with Crippen molar-refractivity contribution in [1.29, 1.82) is 0 Å². The third-order valence-electron chi connectivity index (χ3n) is 6.59. The zero-order chi connectivity index (χ0) is 28.1. The fourth-order valence-electron chi connectivity index (χ4n) is 4.25. The van der Waals surface area contributed by atoms with Crippen LogP contribution in [0.5, 0.6) is 5.75 Å². The first-order valence-electron chi connectivity index (χ1n) is 14.8. The molecule has 38 heavy (non-hydrogen) atoms. The maximum Gasteiger partial charge on any atom is 0.472 e. The van der Waals surface area contributed by atoms with Gasteiger partial charge in [-0.05, 0) is 63.4 Å². The van der Waals surface area contributed by atoms with Crippen molar-refractivity contribution in [3.05, 3.63) is 29.8 Å². The predicted octanol–water partition coefficient (Wildman–Crippen LogP) is 7.60. The minimum atomic E-state index is -4.14. The molecule has 0 spiro atoms. The predicted molar refractivity (Wildman–Crippen MR) is 156 cm³/mol. The Morgan fingerprint density at radius 2 is 1.53 bits per heavy atom. The number of aryl methyl sites for hydroxylation is 1. The molecule has 220 valence electrons. The summed E-state index contributed by atoms with van der Waals surface area (Å²) in [6.45, 7) is 5.61. The largest absolute Gasteiger partial charge is 0.494 e. The van der Waals surface area contributed by atoms with E-state index in [1.807, 2.05) is 38.1 Å². The fourth-order valence-corrected chi connectivity index (χ4v) is 5.03. The Hall–Kier alpha value is -1.24. The van der Waals surface area contributed by atoms with Crippen LogP contribution in [0.25, 0.3) is 0 Å². The van der Waals surface area contributed by atoms with Crippen molar-refractivity contribution in [3.8, 4) is 5.75 Å². The van der Waals surface area contributed by atoms with Crippen molar-refractivity contribution in [2.45, 2.75) is 104 Å². The third kappa shape index (κ3) is 18.9. The smallest absolute Gasteiger partial charge is 0.472 e. The van der Waals surface area contributed by atoms with Crippen LogP contribution in [0.2, 0.25) is 0 Å². The van der Waals surface area contributed by atoms with Crippen molar-refractivity contribution < 1.29 is 28.0 Å². The highest BCUT2D eigenvalue weighted by atomic mass is 31.2. The number of benzene rings is 1. The third-order valence-corrected chi connectivity index (χ3v) is 7.58. The van der Waals surface area contributed by atoms with E-state index >= 15 is 0 Å². The molecule has 1 N–H and O–H groups in total. The van der Waals surface area contributed by atoms with Gasteiger partial charge in [-0.25, -0.2) is 4.57 Å². The molecule has 0 bridgehead atoms. The van der Waals surface area contributed by atoms with Gasteiger partial charge in [0.05, 0.1) is 19.8 Å². The fraction of sp³-hybridized carbons (Fsp3) is 0.767. The van der Waals surface area contributed by atoms with Crippen molar-refractivity contribution >= 4 is 13.6 Å². The van der Waals surface area contributed by atoms with E-state index in [1.165, 1.54) is 51.4 Å². The number of unbranched alkanes of at least 4 members (excludes halogenated alkanes) is 8. The second-order valence-electron chi connectivity index (χ2n) is 10.6. The first-order valence-corrected chi connectivity index (χ1v) is 16.2. The van der Waals surface area contributed by atoms with Crippen LogP contribution < -0.4 is 4.74 Å². The zero-order valence-corrected chi connectivity index (χ0v) is 25.4. The van der Waals surface area contributed by atoms with E-state index < -0.39 is 7.82 Å². The van der Waals surface area contributed by atoms with Gasteiger partial charge in [0.1, 0.15) is 11.5 Å². The first-order chi connectivity index (χ1) is 18.3. The number of carbonyl (C=O) groups is 1. The molecular formula is C30H54NO6P. The lowest BCUT2D eigenvalue weighted by atomic mass is 9.94. The summed E-state index contributed by atoms with van der Waals surface area (Å²) in [5.74, 6) is 0.889. The van der Waals surface area contributed by atoms with Gasteiger partial charge in [-0.15, -0.1) is 0 Å². The molecule has 0 aromatic heterocycles. The molecule has 1 aromatic carbocycles. The monoisotopic (exact) mass is 555 g/mol. The Bertz CT molecular complexity index is 771. The molecule has 8 heteroatoms. The highest BCUT2D eigenvalue weighted by Crippen LogP contribution is 2.43. The van der Waals surface area contributed by atoms with Crippen LogP contribution in [0, 0.1) is 5.92 Å². The molecule has 0 amide bonds. The second-order valence-corrected chi connectivity index (χ2v) is 12.1. The van der Waals surface area contributed by atoms with E-state index in [-0.39, 0.29) is 24.9 Å². The van der Waals surface area contributed by atoms with Crippen LogP contribution in [-0.2, 0) is 24.8 Å². The van der Waals surface area contributed by atoms with Gasteiger partial charge in [0.25, 0.3) is 0 Å². The summed E-state index contributed by atoms with van der Waals surface area (Å²) in [6, 6.07) is 8.10. The number of hydrogen-bond donors (Lipinski definition) is 1. The SMILES string of the molecule is CCCCCCCCCCCOc1ccc(CCC(COP(=O)(O)OCCN(C)C)CC(=O)CCC)cc1. The Labute approximate surface area is 232 Å². The number of likely N-dealkylation sites (N-methyl/N-ethyl adjacent to an activating group) is 1. The minimum absolute atomic E-state index is 0.0190. The summed E-state index contributed by atoms with van der Waals surface area (Å²) >= 11 is 0. The lowest BCUT2D eigenvalue weighted by molar-refractivity contribution is -0.120. The quantitative estimate of drug-likeness (QED) is 0.0982. The topological polar surface area (TPSA) is 85.3 Å². The zero-order valence-electron chi connectivity index (χ0n) is 24.5. The number of rotatable bonds is 25. The van der Waals surface area contributed by atoms with Crippen LogP contribution in [0.4, 0.5) is 0 Å². The summed E-state index contributed by atoms with van der Waals surface area (Å²) in [7, 11) is -0.425. The average molecular weight is 556 g/mol. The first kappa shape index (κ1) is 34.8. The molecule has 1 rings (SSSR count). The number of ether oxygens (including phenoxy) is 1. The van der Waals surface area contributed by atoms with Gasteiger partial charge < -0.3 is 14.5 Å². The molecule has 0 radical (unpaired) electrons. The highest BCUT2D eigenvalue weighted by Gasteiger charge is 2.24. The van der Waals surface area contributed by atoms with Crippen molar-refractivity contribution in [3.63, 3.8) is 0 Å². The molecule has 0 saturated heterocycles. The summed E-state index contributed by atoms with van der Waals surface area (Å²) in [5, 5.41) is 0. The van der Waals surface area contributed by atoms with Gasteiger partial charge in [0, 0.05) is 19.4 Å². The summed E-state index contributed by atoms with van der Waals surface area (Å²) in [6.07, 6.45) is 14.7. The standard InChI is InChI=1S/C30H54NO6P/c1-5-7-8-9-10-11-12-13-14-23-35-30-20-18-27(19-21-30)16-17-28(25-29(32)15-6-2)26-37-38(33,34)36-24-22-31(3)4/h18-21,28H,5-17,22-26H2,1-4H3,(H,33,34). The molecule has 0 heterocycles. The van der Waals surface area contributed by atoms with E-state index in [1.54, 1.807) is 0 Å². The van der Waals surface area contributed by atoms with Crippen LogP contribution >= 0.6 is 7.82 Å². The van der Waals surface area contributed by atoms with E-state index in [9.17, 15) is 14.3 Å². The van der Waals surface area contributed by atoms with Crippen LogP contribution in [0.3, 0.4) is 0 Å². The van der Waals surface area contributed by atoms with Crippen LogP contribution in [-0.4, -0.2) is 56.0 Å². The maximum absolute atomic E-state index is 12.3. The number of hydrogen-bond acceptors (Lipinski definition) is 6. The van der Waals surface area contributed by atoms with Gasteiger partial charge in [0.15, 0.2) is 0 Å². The Morgan fingerprint density at radius 3 is 2.13 bits per heavy atom. The maximum atomic E-state index is 12.3. The van der Waals surface area contributed by atoms with Crippen molar-refractivity contribution in [2.24, 2.45) is 5.92 Å². The molecule has 2 atom stereocenters. The molecule has 0 aliphatic carbocycles. The number of phosphoric acid groups is 1. The summed E-state index contributed by atoms with van der Waals surface area (Å²) in [5.41, 5.74) is 1.14. The molecule has 0 fully saturated rings. The van der Waals surface area contributed by atoms with E-state index in [2.05, 4.69) is 19.1 Å². The van der Waals surface area contributed by atoms with Gasteiger partial charge in [0.2, 0.25) is 0 Å². The van der Waals surface area contributed by atoms with Gasteiger partial charge >= 0.3 is 7.82 Å². The van der Waals surface area contributed by atoms with E-state index in [0.717, 1.165) is 37.2 Å². The van der Waals surface area contributed by atoms with Gasteiger partial charge in [-0.2, -0.15) is 0 Å². The number of carbonyl (C=O) groups excluding carboxylic acids is 1. The van der Waals surface area contributed by atoms with Gasteiger partial charge in [-0.1, -0.05) is 77.3 Å². The summed E-state index contributed by atoms with van der Waals surface area (Å²) < 4.78 is 28.4. The summed E-state index contributed by atoms with van der Waals surface area (Å²) in [4.78, 5) is 24.1. The Kier molecular flexibility index (Phi) is 19.7. The van der Waals surface area contributed by atoms with E-state index in [0.29, 0.717) is 25.8 Å². The van der Waals surface area contributed by atoms with Crippen LogP contribution in [0.15, 0.2) is 24.3 Å². The molecule has 0 saturated carbocycles. The second kappa shape index (κ2) is 21.6. The highest BCUT2D eigenvalue weighted by molar-refractivity contribution is 7.47. The number of nitrogens with zero attached hydrogens (tertiary/aromatic N) is 1. The van der Waals surface area contributed by atoms with Crippen LogP contribution in [0.1, 0.15) is 103 Å². The normalized spacial score (nSPS) is 13.9. The molecule has 7 nitrogen and oxygen atoms in total. The average Bonchev–Trinajstić information content (AvgIpc) is 2.87. The number of ketones is 1. The Balaban J connectivity index is 2.40. The van der Waals surface area contributed by atoms with Crippen molar-refractivity contribution in [1.82, 2.24) is 4.90 Å². The molecule has 0 aliphatic rings. The lowest BCUT2D eigenvalue weighted by Gasteiger charge is -2.19. The molecular weight excluding hydrogens is 501 g/mol. The Morgan fingerprint density at radius 1 is 0.895 bits per heavy atom.